The summed E-state index contributed by atoms with van der Waals surface area (Å²) in [4.78, 5) is 8.78. The van der Waals surface area contributed by atoms with Crippen LogP contribution in [0.2, 0.25) is 0 Å². The molecule has 2 atom stereocenters. The van der Waals surface area contributed by atoms with Crippen molar-refractivity contribution in [3.05, 3.63) is 17.6 Å². The smallest absolute Gasteiger partial charge is 0.147 e. The van der Waals surface area contributed by atoms with Crippen molar-refractivity contribution in [3.8, 4) is 0 Å². The predicted octanol–water partition coefficient (Wildman–Crippen LogP) is 3.30. The molecule has 4 heteroatoms. The van der Waals surface area contributed by atoms with Crippen LogP contribution < -0.4 is 5.32 Å². The van der Waals surface area contributed by atoms with Crippen LogP contribution in [0.5, 0.6) is 0 Å². The van der Waals surface area contributed by atoms with Crippen LogP contribution in [0.25, 0.3) is 0 Å². The van der Waals surface area contributed by atoms with Gasteiger partial charge in [-0.15, -0.1) is 11.6 Å². The molecular formula is C13H20ClN3. The Morgan fingerprint density at radius 1 is 1.41 bits per heavy atom. The molecular weight excluding hydrogens is 234 g/mol. The van der Waals surface area contributed by atoms with Crippen LogP contribution in [0.15, 0.2) is 6.20 Å². The molecule has 2 unspecified atom stereocenters. The van der Waals surface area contributed by atoms with Crippen LogP contribution in [-0.4, -0.2) is 21.9 Å². The summed E-state index contributed by atoms with van der Waals surface area (Å²) in [5.41, 5.74) is 1.92. The van der Waals surface area contributed by atoms with Gasteiger partial charge in [0.25, 0.3) is 0 Å². The Labute approximate surface area is 108 Å². The van der Waals surface area contributed by atoms with E-state index in [2.05, 4.69) is 15.3 Å². The molecule has 2 rings (SSSR count). The second-order valence-electron chi connectivity index (χ2n) is 4.96. The van der Waals surface area contributed by atoms with Gasteiger partial charge < -0.3 is 5.32 Å². The van der Waals surface area contributed by atoms with Crippen molar-refractivity contribution in [2.75, 3.05) is 11.9 Å². The number of nitrogens with one attached hydrogen (secondary N) is 1. The zero-order chi connectivity index (χ0) is 12.3. The molecule has 94 valence electrons. The fourth-order valence-corrected chi connectivity index (χ4v) is 2.76. The highest BCUT2D eigenvalue weighted by molar-refractivity contribution is 6.20. The third-order valence-electron chi connectivity index (χ3n) is 3.35. The number of hydrogen-bond donors (Lipinski definition) is 1. The zero-order valence-electron chi connectivity index (χ0n) is 10.5. The summed E-state index contributed by atoms with van der Waals surface area (Å²) in [6.45, 7) is 4.91. The van der Waals surface area contributed by atoms with Gasteiger partial charge >= 0.3 is 0 Å². The number of halogens is 1. The van der Waals surface area contributed by atoms with Gasteiger partial charge in [-0.3, -0.25) is 4.98 Å². The molecule has 1 aliphatic rings. The summed E-state index contributed by atoms with van der Waals surface area (Å²) in [6, 6.07) is 0. The van der Waals surface area contributed by atoms with E-state index in [9.17, 15) is 0 Å². The maximum absolute atomic E-state index is 6.19. The SMILES string of the molecule is Cc1cnc(C)c(NCC2CCCC(Cl)C2)n1. The van der Waals surface area contributed by atoms with E-state index in [1.807, 2.05) is 13.8 Å². The molecule has 1 fully saturated rings. The lowest BCUT2D eigenvalue weighted by Gasteiger charge is -2.25. The molecule has 1 aromatic heterocycles. The number of anilines is 1. The van der Waals surface area contributed by atoms with E-state index in [0.29, 0.717) is 11.3 Å². The molecule has 0 saturated heterocycles. The van der Waals surface area contributed by atoms with Gasteiger partial charge in [-0.1, -0.05) is 6.42 Å². The second kappa shape index (κ2) is 5.67. The Hall–Kier alpha value is -0.830. The summed E-state index contributed by atoms with van der Waals surface area (Å²) >= 11 is 6.19. The van der Waals surface area contributed by atoms with Gasteiger partial charge in [0, 0.05) is 18.1 Å². The average molecular weight is 254 g/mol. The Morgan fingerprint density at radius 3 is 3.00 bits per heavy atom. The maximum Gasteiger partial charge on any atom is 0.147 e. The third kappa shape index (κ3) is 3.56. The number of alkyl halides is 1. The van der Waals surface area contributed by atoms with Gasteiger partial charge in [-0.05, 0) is 39.0 Å². The first-order valence-electron chi connectivity index (χ1n) is 6.33. The van der Waals surface area contributed by atoms with Crippen LogP contribution in [0.4, 0.5) is 5.82 Å². The minimum atomic E-state index is 0.361. The van der Waals surface area contributed by atoms with Gasteiger partial charge in [0.2, 0.25) is 0 Å². The van der Waals surface area contributed by atoms with E-state index in [4.69, 9.17) is 11.6 Å². The normalized spacial score (nSPS) is 24.6. The molecule has 1 heterocycles. The number of hydrogen-bond acceptors (Lipinski definition) is 3. The van der Waals surface area contributed by atoms with Gasteiger partial charge in [-0.25, -0.2) is 4.98 Å². The third-order valence-corrected chi connectivity index (χ3v) is 3.75. The lowest BCUT2D eigenvalue weighted by Crippen LogP contribution is -2.23. The molecule has 1 saturated carbocycles. The minimum Gasteiger partial charge on any atom is -0.368 e. The number of aryl methyl sites for hydroxylation is 2. The molecule has 0 radical (unpaired) electrons. The predicted molar refractivity (Wildman–Crippen MR) is 71.6 cm³/mol. The molecule has 3 nitrogen and oxygen atoms in total. The monoisotopic (exact) mass is 253 g/mol. The Balaban J connectivity index is 1.90. The van der Waals surface area contributed by atoms with Crippen molar-refractivity contribution in [2.45, 2.75) is 44.9 Å². The number of aromatic nitrogens is 2. The minimum absolute atomic E-state index is 0.361. The lowest BCUT2D eigenvalue weighted by atomic mass is 9.89. The lowest BCUT2D eigenvalue weighted by molar-refractivity contribution is 0.378. The summed E-state index contributed by atoms with van der Waals surface area (Å²) < 4.78 is 0. The average Bonchev–Trinajstić information content (AvgIpc) is 2.30. The molecule has 0 aromatic carbocycles. The van der Waals surface area contributed by atoms with E-state index < -0.39 is 0 Å². The Bertz CT molecular complexity index is 381. The van der Waals surface area contributed by atoms with Crippen molar-refractivity contribution in [1.29, 1.82) is 0 Å². The summed E-state index contributed by atoms with van der Waals surface area (Å²) in [6.07, 6.45) is 6.61. The van der Waals surface area contributed by atoms with E-state index in [-0.39, 0.29) is 0 Å². The molecule has 1 aliphatic carbocycles. The van der Waals surface area contributed by atoms with E-state index in [0.717, 1.165) is 30.2 Å². The van der Waals surface area contributed by atoms with Crippen molar-refractivity contribution >= 4 is 17.4 Å². The summed E-state index contributed by atoms with van der Waals surface area (Å²) in [5.74, 6) is 1.59. The quantitative estimate of drug-likeness (QED) is 0.840. The molecule has 0 bridgehead atoms. The molecule has 17 heavy (non-hydrogen) atoms. The molecule has 0 amide bonds. The highest BCUT2D eigenvalue weighted by atomic mass is 35.5. The van der Waals surface area contributed by atoms with Gasteiger partial charge in [-0.2, -0.15) is 0 Å². The molecule has 1 aromatic rings. The Kier molecular flexibility index (Phi) is 4.21. The number of nitrogens with zero attached hydrogens (tertiary/aromatic N) is 2. The topological polar surface area (TPSA) is 37.8 Å². The van der Waals surface area contributed by atoms with Crippen LogP contribution >= 0.6 is 11.6 Å². The molecule has 1 N–H and O–H groups in total. The fourth-order valence-electron chi connectivity index (χ4n) is 2.36. The van der Waals surface area contributed by atoms with Crippen molar-refractivity contribution < 1.29 is 0 Å². The second-order valence-corrected chi connectivity index (χ2v) is 5.57. The first kappa shape index (κ1) is 12.6. The van der Waals surface area contributed by atoms with Gasteiger partial charge in [0.15, 0.2) is 0 Å². The maximum atomic E-state index is 6.19. The number of rotatable bonds is 3. The van der Waals surface area contributed by atoms with E-state index in [1.54, 1.807) is 6.20 Å². The zero-order valence-corrected chi connectivity index (χ0v) is 11.3. The van der Waals surface area contributed by atoms with Crippen molar-refractivity contribution in [1.82, 2.24) is 9.97 Å². The summed E-state index contributed by atoms with van der Waals surface area (Å²) in [7, 11) is 0. The Morgan fingerprint density at radius 2 is 2.24 bits per heavy atom. The highest BCUT2D eigenvalue weighted by Gasteiger charge is 2.20. The van der Waals surface area contributed by atoms with Crippen LogP contribution in [0.3, 0.4) is 0 Å². The van der Waals surface area contributed by atoms with E-state index >= 15 is 0 Å². The van der Waals surface area contributed by atoms with Crippen LogP contribution in [-0.2, 0) is 0 Å². The standard InChI is InChI=1S/C13H20ClN3/c1-9-7-15-10(2)13(17-9)16-8-11-4-3-5-12(14)6-11/h7,11-12H,3-6,8H2,1-2H3,(H,16,17). The van der Waals surface area contributed by atoms with Crippen LogP contribution in [0.1, 0.15) is 37.1 Å². The van der Waals surface area contributed by atoms with Crippen LogP contribution in [0, 0.1) is 19.8 Å². The van der Waals surface area contributed by atoms with Gasteiger partial charge in [0.1, 0.15) is 5.82 Å². The highest BCUT2D eigenvalue weighted by Crippen LogP contribution is 2.28. The largest absolute Gasteiger partial charge is 0.368 e. The van der Waals surface area contributed by atoms with E-state index in [1.165, 1.54) is 19.3 Å². The van der Waals surface area contributed by atoms with Gasteiger partial charge in [0.05, 0.1) is 11.4 Å². The summed E-state index contributed by atoms with van der Waals surface area (Å²) in [5, 5.41) is 3.77. The fraction of sp³-hybridized carbons (Fsp3) is 0.692. The van der Waals surface area contributed by atoms with Crippen molar-refractivity contribution in [3.63, 3.8) is 0 Å². The molecule has 0 spiro atoms. The van der Waals surface area contributed by atoms with Crippen molar-refractivity contribution in [2.24, 2.45) is 5.92 Å². The first-order valence-corrected chi connectivity index (χ1v) is 6.77. The first-order chi connectivity index (χ1) is 8.15. The molecule has 0 aliphatic heterocycles.